The van der Waals surface area contributed by atoms with Crippen molar-refractivity contribution in [3.63, 3.8) is 0 Å². The van der Waals surface area contributed by atoms with Gasteiger partial charge in [-0.15, -0.1) is 0 Å². The van der Waals surface area contributed by atoms with Crippen molar-refractivity contribution >= 4 is 17.7 Å². The van der Waals surface area contributed by atoms with Crippen molar-refractivity contribution in [2.75, 3.05) is 0 Å². The molecule has 0 aliphatic carbocycles. The maximum absolute atomic E-state index is 10.7. The fourth-order valence-electron chi connectivity index (χ4n) is 0.494. The molecule has 0 fully saturated rings. The van der Waals surface area contributed by atoms with Crippen LogP contribution in [0, 0.1) is 0 Å². The summed E-state index contributed by atoms with van der Waals surface area (Å²) < 4.78 is 8.83. The average molecular weight is 186 g/mol. The van der Waals surface area contributed by atoms with Crippen molar-refractivity contribution in [2.45, 2.75) is 20.1 Å². The predicted molar refractivity (Wildman–Crippen MR) is 42.5 cm³/mol. The number of rotatable bonds is 4. The number of carbonyl (C=O) groups excluding carboxylic acids is 3. The zero-order valence-corrected chi connectivity index (χ0v) is 7.40. The number of hydrogen-bond acceptors (Lipinski definition) is 5. The van der Waals surface area contributed by atoms with Crippen molar-refractivity contribution in [3.05, 3.63) is 12.7 Å². The van der Waals surface area contributed by atoms with E-state index in [4.69, 9.17) is 0 Å². The number of carbonyl (C=O) groups is 3. The molecule has 0 aliphatic heterocycles. The van der Waals surface area contributed by atoms with Gasteiger partial charge in [-0.2, -0.15) is 0 Å². The lowest BCUT2D eigenvalue weighted by Crippen LogP contribution is -2.29. The van der Waals surface area contributed by atoms with Crippen LogP contribution >= 0.6 is 0 Å². The van der Waals surface area contributed by atoms with Crippen molar-refractivity contribution in [3.8, 4) is 0 Å². The maximum atomic E-state index is 10.7. The second-order valence-electron chi connectivity index (χ2n) is 2.19. The highest BCUT2D eigenvalue weighted by atomic mass is 16.7. The van der Waals surface area contributed by atoms with Crippen LogP contribution in [-0.2, 0) is 23.9 Å². The van der Waals surface area contributed by atoms with E-state index < -0.39 is 24.0 Å². The Morgan fingerprint density at radius 1 is 1.23 bits per heavy atom. The van der Waals surface area contributed by atoms with Crippen LogP contribution in [0.5, 0.6) is 0 Å². The fourth-order valence-corrected chi connectivity index (χ4v) is 0.494. The van der Waals surface area contributed by atoms with Crippen molar-refractivity contribution < 1.29 is 23.9 Å². The van der Waals surface area contributed by atoms with E-state index in [9.17, 15) is 14.4 Å². The first-order valence-electron chi connectivity index (χ1n) is 3.48. The average Bonchev–Trinajstić information content (AvgIpc) is 2.02. The number of Topliss-reactive ketones (excluding diaryl/α,β-unsaturated/α-hetero) is 1. The van der Waals surface area contributed by atoms with Gasteiger partial charge in [0, 0.05) is 19.9 Å². The molecule has 0 radical (unpaired) electrons. The molecule has 0 rings (SSSR count). The predicted octanol–water partition coefficient (Wildman–Crippen LogP) is 0.194. The van der Waals surface area contributed by atoms with Gasteiger partial charge in [0.25, 0.3) is 0 Å². The summed E-state index contributed by atoms with van der Waals surface area (Å²) in [6, 6.07) is 0. The first-order chi connectivity index (χ1) is 5.97. The topological polar surface area (TPSA) is 69.7 Å². The molecule has 0 bridgehead atoms. The molecule has 0 aromatic heterocycles. The van der Waals surface area contributed by atoms with Crippen LogP contribution in [0.15, 0.2) is 12.7 Å². The van der Waals surface area contributed by atoms with E-state index in [0.717, 1.165) is 19.9 Å². The highest BCUT2D eigenvalue weighted by Gasteiger charge is 2.20. The van der Waals surface area contributed by atoms with Gasteiger partial charge in [0.15, 0.2) is 0 Å². The highest BCUT2D eigenvalue weighted by Crippen LogP contribution is 1.98. The van der Waals surface area contributed by atoms with E-state index in [-0.39, 0.29) is 0 Å². The Labute approximate surface area is 75.3 Å². The third kappa shape index (κ3) is 4.73. The first-order valence-corrected chi connectivity index (χ1v) is 3.48. The Balaban J connectivity index is 4.26. The van der Waals surface area contributed by atoms with Gasteiger partial charge < -0.3 is 9.47 Å². The normalized spacial score (nSPS) is 11.2. The van der Waals surface area contributed by atoms with Crippen LogP contribution in [0.1, 0.15) is 13.8 Å². The van der Waals surface area contributed by atoms with Crippen LogP contribution in [0.3, 0.4) is 0 Å². The van der Waals surface area contributed by atoms with Gasteiger partial charge in [0.05, 0.1) is 0 Å². The lowest BCUT2D eigenvalue weighted by molar-refractivity contribution is -0.186. The van der Waals surface area contributed by atoms with E-state index in [1.165, 1.54) is 0 Å². The number of ether oxygens (including phenoxy) is 2. The molecule has 0 saturated heterocycles. The largest absolute Gasteiger partial charge is 0.418 e. The summed E-state index contributed by atoms with van der Waals surface area (Å²) in [5, 5.41) is 0. The Kier molecular flexibility index (Phi) is 4.43. The summed E-state index contributed by atoms with van der Waals surface area (Å²) in [6.45, 7) is 5.38. The van der Waals surface area contributed by atoms with Gasteiger partial charge in [-0.3, -0.25) is 9.59 Å². The molecule has 13 heavy (non-hydrogen) atoms. The monoisotopic (exact) mass is 186 g/mol. The molecule has 0 saturated carbocycles. The number of ketones is 1. The van der Waals surface area contributed by atoms with Crippen LogP contribution in [-0.4, -0.2) is 24.0 Å². The van der Waals surface area contributed by atoms with E-state index in [1.54, 1.807) is 0 Å². The van der Waals surface area contributed by atoms with Crippen LogP contribution in [0.25, 0.3) is 0 Å². The van der Waals surface area contributed by atoms with Gasteiger partial charge in [0.1, 0.15) is 0 Å². The number of hydrogen-bond donors (Lipinski definition) is 0. The molecule has 0 heterocycles. The number of esters is 2. The molecule has 0 spiro atoms. The minimum atomic E-state index is -1.47. The van der Waals surface area contributed by atoms with Gasteiger partial charge in [-0.25, -0.2) is 4.79 Å². The molecule has 0 aromatic carbocycles. The maximum Gasteiger partial charge on any atom is 0.333 e. The lowest BCUT2D eigenvalue weighted by atomic mass is 10.4. The van der Waals surface area contributed by atoms with Crippen LogP contribution in [0.2, 0.25) is 0 Å². The third-order valence-corrected chi connectivity index (χ3v) is 0.995. The zero-order chi connectivity index (χ0) is 10.4. The summed E-state index contributed by atoms with van der Waals surface area (Å²) in [5.41, 5.74) is 0. The van der Waals surface area contributed by atoms with Gasteiger partial charge >= 0.3 is 18.2 Å². The molecular weight excluding hydrogens is 176 g/mol. The van der Waals surface area contributed by atoms with Crippen LogP contribution in [0.4, 0.5) is 0 Å². The molecule has 0 aromatic rings. The van der Waals surface area contributed by atoms with Gasteiger partial charge in [-0.05, 0) is 0 Å². The fraction of sp³-hybridized carbons (Fsp3) is 0.375. The van der Waals surface area contributed by atoms with Crippen molar-refractivity contribution in [1.82, 2.24) is 0 Å². The SMILES string of the molecule is C=CC(=O)OC(OC(C)=O)C(C)=O. The summed E-state index contributed by atoms with van der Waals surface area (Å²) in [4.78, 5) is 31.8. The summed E-state index contributed by atoms with van der Waals surface area (Å²) in [7, 11) is 0. The third-order valence-electron chi connectivity index (χ3n) is 0.995. The van der Waals surface area contributed by atoms with Gasteiger partial charge in [0.2, 0.25) is 5.78 Å². The summed E-state index contributed by atoms with van der Waals surface area (Å²) in [6.07, 6.45) is -0.595. The Morgan fingerprint density at radius 2 is 1.77 bits per heavy atom. The molecule has 0 aliphatic rings. The van der Waals surface area contributed by atoms with E-state index in [2.05, 4.69) is 16.1 Å². The minimum absolute atomic E-state index is 0.564. The first kappa shape index (κ1) is 11.4. The molecule has 72 valence electrons. The standard InChI is InChI=1S/C8H10O5/c1-4-7(11)13-8(5(2)9)12-6(3)10/h4,8H,1H2,2-3H3. The van der Waals surface area contributed by atoms with E-state index >= 15 is 0 Å². The Morgan fingerprint density at radius 3 is 2.08 bits per heavy atom. The van der Waals surface area contributed by atoms with Crippen molar-refractivity contribution in [2.24, 2.45) is 0 Å². The lowest BCUT2D eigenvalue weighted by Gasteiger charge is -2.12. The second kappa shape index (κ2) is 5.08. The quantitative estimate of drug-likeness (QED) is 0.356. The second-order valence-corrected chi connectivity index (χ2v) is 2.19. The van der Waals surface area contributed by atoms with Crippen LogP contribution < -0.4 is 0 Å². The van der Waals surface area contributed by atoms with Crippen molar-refractivity contribution in [1.29, 1.82) is 0 Å². The smallest absolute Gasteiger partial charge is 0.333 e. The summed E-state index contributed by atoms with van der Waals surface area (Å²) in [5.74, 6) is -2.08. The molecule has 0 amide bonds. The zero-order valence-electron chi connectivity index (χ0n) is 7.40. The Bertz CT molecular complexity index is 243. The molecular formula is C8H10O5. The molecule has 5 nitrogen and oxygen atoms in total. The molecule has 1 unspecified atom stereocenters. The molecule has 5 heteroatoms. The molecule has 1 atom stereocenters. The minimum Gasteiger partial charge on any atom is -0.418 e. The van der Waals surface area contributed by atoms with E-state index in [0.29, 0.717) is 0 Å². The Hall–Kier alpha value is -1.65. The van der Waals surface area contributed by atoms with E-state index in [1.807, 2.05) is 0 Å². The summed E-state index contributed by atoms with van der Waals surface area (Å²) >= 11 is 0. The highest BCUT2D eigenvalue weighted by molar-refractivity contribution is 5.87. The van der Waals surface area contributed by atoms with Gasteiger partial charge in [-0.1, -0.05) is 6.58 Å². The molecule has 0 N–H and O–H groups in total.